The summed E-state index contributed by atoms with van der Waals surface area (Å²) in [7, 11) is 0. The van der Waals surface area contributed by atoms with E-state index in [0.717, 1.165) is 49.5 Å². The summed E-state index contributed by atoms with van der Waals surface area (Å²) in [6, 6.07) is 9.94. The summed E-state index contributed by atoms with van der Waals surface area (Å²) < 4.78 is 5.87. The van der Waals surface area contributed by atoms with E-state index in [4.69, 9.17) is 10.2 Å². The zero-order valence-electron chi connectivity index (χ0n) is 15.0. The number of aromatic nitrogens is 1. The lowest BCUT2D eigenvalue weighted by atomic mass is 9.97. The van der Waals surface area contributed by atoms with Crippen molar-refractivity contribution >= 4 is 30.7 Å². The Balaban J connectivity index is 0.00000169. The van der Waals surface area contributed by atoms with Crippen molar-refractivity contribution in [1.82, 2.24) is 9.88 Å². The Hall–Kier alpha value is -1.56. The molecule has 0 aliphatic carbocycles. The first-order valence-electron chi connectivity index (χ1n) is 8.67. The van der Waals surface area contributed by atoms with Crippen LogP contribution in [-0.2, 0) is 11.2 Å². The maximum atomic E-state index is 12.4. The van der Waals surface area contributed by atoms with E-state index in [1.807, 2.05) is 42.2 Å². The van der Waals surface area contributed by atoms with Gasteiger partial charge in [0.15, 0.2) is 11.7 Å². The highest BCUT2D eigenvalue weighted by Crippen LogP contribution is 2.25. The smallest absolute Gasteiger partial charge is 0.223 e. The van der Waals surface area contributed by atoms with Crippen LogP contribution in [0.25, 0.3) is 11.3 Å². The number of halogens is 2. The van der Waals surface area contributed by atoms with Gasteiger partial charge in [-0.05, 0) is 32.2 Å². The Morgan fingerprint density at radius 2 is 1.88 bits per heavy atom. The number of likely N-dealkylation sites (tertiary alicyclic amines) is 1. The van der Waals surface area contributed by atoms with Crippen molar-refractivity contribution in [3.63, 3.8) is 0 Å². The van der Waals surface area contributed by atoms with Gasteiger partial charge in [-0.3, -0.25) is 4.79 Å². The van der Waals surface area contributed by atoms with Gasteiger partial charge in [-0.25, -0.2) is 4.98 Å². The highest BCUT2D eigenvalue weighted by molar-refractivity contribution is 5.85. The van der Waals surface area contributed by atoms with Crippen LogP contribution in [0.3, 0.4) is 0 Å². The predicted octanol–water partition coefficient (Wildman–Crippen LogP) is 3.62. The second-order valence-electron chi connectivity index (χ2n) is 6.45. The van der Waals surface area contributed by atoms with E-state index in [1.165, 1.54) is 0 Å². The standard InChI is InChI=1S/C19H25N3O2.2ClH/c1-14-19(16-5-3-2-4-6-16)24-17(21-14)7-8-18(23)22-11-9-15(13-20)10-12-22;;/h2-6,15H,7-13,20H2,1H3;2*1H. The van der Waals surface area contributed by atoms with Crippen molar-refractivity contribution < 1.29 is 9.21 Å². The van der Waals surface area contributed by atoms with Gasteiger partial charge in [0.2, 0.25) is 5.91 Å². The molecule has 7 heteroatoms. The first-order valence-corrected chi connectivity index (χ1v) is 8.67. The second kappa shape index (κ2) is 10.6. The first kappa shape index (κ1) is 22.5. The fraction of sp³-hybridized carbons (Fsp3) is 0.474. The van der Waals surface area contributed by atoms with E-state index >= 15 is 0 Å². The molecule has 144 valence electrons. The van der Waals surface area contributed by atoms with Crippen molar-refractivity contribution in [3.8, 4) is 11.3 Å². The van der Waals surface area contributed by atoms with E-state index in [9.17, 15) is 4.79 Å². The molecular weight excluding hydrogens is 373 g/mol. The van der Waals surface area contributed by atoms with Crippen LogP contribution in [0.1, 0.15) is 30.8 Å². The first-order chi connectivity index (χ1) is 11.7. The Morgan fingerprint density at radius 1 is 1.23 bits per heavy atom. The topological polar surface area (TPSA) is 72.4 Å². The van der Waals surface area contributed by atoms with Gasteiger partial charge in [-0.15, -0.1) is 24.8 Å². The number of rotatable bonds is 5. The van der Waals surface area contributed by atoms with E-state index in [1.54, 1.807) is 0 Å². The molecule has 1 aliphatic rings. The van der Waals surface area contributed by atoms with Crippen LogP contribution in [0.5, 0.6) is 0 Å². The number of benzene rings is 1. The molecule has 5 nitrogen and oxygen atoms in total. The molecule has 1 aliphatic heterocycles. The predicted molar refractivity (Wildman–Crippen MR) is 108 cm³/mol. The summed E-state index contributed by atoms with van der Waals surface area (Å²) in [6.45, 7) is 4.30. The molecule has 1 amide bonds. The summed E-state index contributed by atoms with van der Waals surface area (Å²) in [5, 5.41) is 0. The van der Waals surface area contributed by atoms with Crippen LogP contribution >= 0.6 is 24.8 Å². The molecule has 0 unspecified atom stereocenters. The number of aryl methyl sites for hydroxylation is 2. The maximum absolute atomic E-state index is 12.4. The third-order valence-corrected chi connectivity index (χ3v) is 4.73. The molecule has 1 fully saturated rings. The number of nitrogens with zero attached hydrogens (tertiary/aromatic N) is 2. The summed E-state index contributed by atoms with van der Waals surface area (Å²) in [5.41, 5.74) is 7.59. The maximum Gasteiger partial charge on any atom is 0.223 e. The average molecular weight is 400 g/mol. The summed E-state index contributed by atoms with van der Waals surface area (Å²) in [4.78, 5) is 18.8. The lowest BCUT2D eigenvalue weighted by molar-refractivity contribution is -0.132. The van der Waals surface area contributed by atoms with Crippen LogP contribution < -0.4 is 5.73 Å². The molecule has 0 saturated carbocycles. The Kier molecular flexibility index (Phi) is 9.13. The van der Waals surface area contributed by atoms with E-state index < -0.39 is 0 Å². The minimum atomic E-state index is 0. The Morgan fingerprint density at radius 3 is 2.50 bits per heavy atom. The fourth-order valence-corrected chi connectivity index (χ4v) is 3.21. The number of amides is 1. The van der Waals surface area contributed by atoms with Crippen molar-refractivity contribution in [2.24, 2.45) is 11.7 Å². The van der Waals surface area contributed by atoms with Crippen LogP contribution in [0, 0.1) is 12.8 Å². The highest BCUT2D eigenvalue weighted by Gasteiger charge is 2.22. The zero-order chi connectivity index (χ0) is 16.9. The van der Waals surface area contributed by atoms with Crippen LogP contribution in [0.15, 0.2) is 34.7 Å². The fourth-order valence-electron chi connectivity index (χ4n) is 3.21. The van der Waals surface area contributed by atoms with Gasteiger partial charge in [0.25, 0.3) is 0 Å². The number of carbonyl (C=O) groups excluding carboxylic acids is 1. The van der Waals surface area contributed by atoms with E-state index in [-0.39, 0.29) is 30.7 Å². The molecule has 2 N–H and O–H groups in total. The van der Waals surface area contributed by atoms with Crippen molar-refractivity contribution in [2.45, 2.75) is 32.6 Å². The van der Waals surface area contributed by atoms with Crippen LogP contribution in [-0.4, -0.2) is 35.4 Å². The SMILES string of the molecule is Cc1nc(CCC(=O)N2CCC(CN)CC2)oc1-c1ccccc1.Cl.Cl. The molecule has 2 heterocycles. The van der Waals surface area contributed by atoms with Crippen molar-refractivity contribution in [2.75, 3.05) is 19.6 Å². The lowest BCUT2D eigenvalue weighted by Gasteiger charge is -2.31. The normalized spacial score (nSPS) is 14.5. The minimum absolute atomic E-state index is 0. The van der Waals surface area contributed by atoms with Gasteiger partial charge in [0.1, 0.15) is 0 Å². The van der Waals surface area contributed by atoms with Crippen molar-refractivity contribution in [3.05, 3.63) is 41.9 Å². The number of piperidine rings is 1. The summed E-state index contributed by atoms with van der Waals surface area (Å²) >= 11 is 0. The molecule has 2 aromatic rings. The van der Waals surface area contributed by atoms with Crippen LogP contribution in [0.4, 0.5) is 0 Å². The highest BCUT2D eigenvalue weighted by atomic mass is 35.5. The summed E-state index contributed by atoms with van der Waals surface area (Å²) in [6.07, 6.45) is 3.02. The lowest BCUT2D eigenvalue weighted by Crippen LogP contribution is -2.40. The molecule has 1 aromatic heterocycles. The number of nitrogens with two attached hydrogens (primary N) is 1. The zero-order valence-corrected chi connectivity index (χ0v) is 16.7. The quantitative estimate of drug-likeness (QED) is 0.832. The molecule has 0 radical (unpaired) electrons. The molecule has 3 rings (SSSR count). The Bertz CT molecular complexity index is 683. The monoisotopic (exact) mass is 399 g/mol. The molecule has 0 atom stereocenters. The number of hydrogen-bond donors (Lipinski definition) is 1. The molecule has 1 aromatic carbocycles. The third-order valence-electron chi connectivity index (χ3n) is 4.73. The molecule has 26 heavy (non-hydrogen) atoms. The van der Waals surface area contributed by atoms with Crippen molar-refractivity contribution in [1.29, 1.82) is 0 Å². The Labute approximate surface area is 167 Å². The molecule has 0 spiro atoms. The number of oxazole rings is 1. The van der Waals surface area contributed by atoms with Gasteiger partial charge < -0.3 is 15.1 Å². The van der Waals surface area contributed by atoms with Gasteiger partial charge in [-0.2, -0.15) is 0 Å². The number of carbonyl (C=O) groups is 1. The average Bonchev–Trinajstić information content (AvgIpc) is 3.01. The van der Waals surface area contributed by atoms with E-state index in [2.05, 4.69) is 4.98 Å². The van der Waals surface area contributed by atoms with Gasteiger partial charge in [0, 0.05) is 31.5 Å². The van der Waals surface area contributed by atoms with Gasteiger partial charge in [0.05, 0.1) is 5.69 Å². The largest absolute Gasteiger partial charge is 0.440 e. The summed E-state index contributed by atoms with van der Waals surface area (Å²) in [5.74, 6) is 2.18. The minimum Gasteiger partial charge on any atom is -0.440 e. The van der Waals surface area contributed by atoms with E-state index in [0.29, 0.717) is 24.7 Å². The van der Waals surface area contributed by atoms with Gasteiger partial charge >= 0.3 is 0 Å². The molecular formula is C19H27Cl2N3O2. The number of hydrogen-bond acceptors (Lipinski definition) is 4. The van der Waals surface area contributed by atoms with Crippen LogP contribution in [0.2, 0.25) is 0 Å². The molecule has 1 saturated heterocycles. The van der Waals surface area contributed by atoms with Gasteiger partial charge in [-0.1, -0.05) is 30.3 Å². The second-order valence-corrected chi connectivity index (χ2v) is 6.45. The third kappa shape index (κ3) is 5.47. The molecule has 0 bridgehead atoms.